The second-order valence-electron chi connectivity index (χ2n) is 6.33. The third-order valence-electron chi connectivity index (χ3n) is 4.41. The van der Waals surface area contributed by atoms with E-state index in [2.05, 4.69) is 51.1 Å². The Kier molecular flexibility index (Phi) is 7.91. The van der Waals surface area contributed by atoms with Crippen LogP contribution in [-0.2, 0) is 4.74 Å². The van der Waals surface area contributed by atoms with Crippen LogP contribution < -0.4 is 0 Å². The topological polar surface area (TPSA) is 9.23 Å². The van der Waals surface area contributed by atoms with Crippen molar-refractivity contribution in [1.82, 2.24) is 0 Å². The Bertz CT molecular complexity index is 342. The van der Waals surface area contributed by atoms with Gasteiger partial charge in [0.05, 0.1) is 5.60 Å². The van der Waals surface area contributed by atoms with Gasteiger partial charge in [0, 0.05) is 13.0 Å². The number of methoxy groups -OCH3 is 1. The maximum atomic E-state index is 5.75. The maximum absolute atomic E-state index is 5.75. The van der Waals surface area contributed by atoms with Crippen molar-refractivity contribution in [3.8, 4) is 0 Å². The fourth-order valence-electron chi connectivity index (χ4n) is 2.87. The highest BCUT2D eigenvalue weighted by Gasteiger charge is 2.29. The molecule has 1 rings (SSSR count). The smallest absolute Gasteiger partial charge is 0.0690 e. The molecule has 0 aromatic heterocycles. The lowest BCUT2D eigenvalue weighted by Crippen LogP contribution is -2.31. The molecule has 1 aromatic carbocycles. The number of benzene rings is 1. The normalized spacial score (nSPS) is 13.4. The zero-order valence-electron chi connectivity index (χ0n) is 13.8. The van der Waals surface area contributed by atoms with E-state index < -0.39 is 0 Å². The Morgan fingerprint density at radius 3 is 2.15 bits per heavy atom. The average molecular weight is 276 g/mol. The first-order chi connectivity index (χ1) is 9.61. The summed E-state index contributed by atoms with van der Waals surface area (Å²) in [5, 5.41) is 0. The van der Waals surface area contributed by atoms with Crippen molar-refractivity contribution in [1.29, 1.82) is 0 Å². The van der Waals surface area contributed by atoms with Gasteiger partial charge < -0.3 is 4.74 Å². The molecule has 0 saturated heterocycles. The third kappa shape index (κ3) is 5.66. The minimum atomic E-state index is -0.0925. The molecule has 0 aliphatic carbocycles. The van der Waals surface area contributed by atoms with Crippen LogP contribution in [0.4, 0.5) is 0 Å². The van der Waals surface area contributed by atoms with E-state index in [1.165, 1.54) is 50.5 Å². The molecule has 0 bridgehead atoms. The molecule has 114 valence electrons. The summed E-state index contributed by atoms with van der Waals surface area (Å²) in [6.07, 6.45) is 9.34. The Hall–Kier alpha value is -0.820. The molecule has 0 N–H and O–H groups in total. The Morgan fingerprint density at radius 1 is 0.950 bits per heavy atom. The molecule has 0 spiro atoms. The van der Waals surface area contributed by atoms with Crippen LogP contribution in [0, 0.1) is 0 Å². The van der Waals surface area contributed by atoms with Crippen molar-refractivity contribution in [2.45, 2.75) is 77.2 Å². The van der Waals surface area contributed by atoms with Crippen molar-refractivity contribution in [3.05, 3.63) is 35.9 Å². The molecule has 0 amide bonds. The first kappa shape index (κ1) is 17.2. The summed E-state index contributed by atoms with van der Waals surface area (Å²) >= 11 is 0. The number of hydrogen-bond donors (Lipinski definition) is 0. The van der Waals surface area contributed by atoms with Gasteiger partial charge in [-0.3, -0.25) is 0 Å². The van der Waals surface area contributed by atoms with Gasteiger partial charge in [-0.2, -0.15) is 0 Å². The fraction of sp³-hybridized carbons (Fsp3) is 0.684. The van der Waals surface area contributed by atoms with E-state index in [0.29, 0.717) is 5.92 Å². The van der Waals surface area contributed by atoms with E-state index in [9.17, 15) is 0 Å². The molecule has 1 heteroatoms. The van der Waals surface area contributed by atoms with Gasteiger partial charge in [0.15, 0.2) is 0 Å². The summed E-state index contributed by atoms with van der Waals surface area (Å²) in [5.74, 6) is 0.486. The van der Waals surface area contributed by atoms with Crippen LogP contribution >= 0.6 is 0 Å². The minimum absolute atomic E-state index is 0.0925. The lowest BCUT2D eigenvalue weighted by Gasteiger charge is -2.33. The summed E-state index contributed by atoms with van der Waals surface area (Å²) in [7, 11) is 1.83. The number of rotatable bonds is 10. The highest BCUT2D eigenvalue weighted by molar-refractivity contribution is 5.22. The molecule has 0 aliphatic rings. The second kappa shape index (κ2) is 9.18. The van der Waals surface area contributed by atoms with Gasteiger partial charge in [-0.05, 0) is 25.8 Å². The van der Waals surface area contributed by atoms with Gasteiger partial charge in [0.25, 0.3) is 0 Å². The quantitative estimate of drug-likeness (QED) is 0.480. The molecule has 0 radical (unpaired) electrons. The number of hydrogen-bond acceptors (Lipinski definition) is 1. The summed E-state index contributed by atoms with van der Waals surface area (Å²) in [4.78, 5) is 0. The van der Waals surface area contributed by atoms with Gasteiger partial charge in [-0.15, -0.1) is 0 Å². The van der Waals surface area contributed by atoms with Gasteiger partial charge in [0.1, 0.15) is 0 Å². The Morgan fingerprint density at radius 2 is 1.55 bits per heavy atom. The van der Waals surface area contributed by atoms with Gasteiger partial charge in [-0.1, -0.05) is 75.8 Å². The second-order valence-corrected chi connectivity index (χ2v) is 6.33. The fourth-order valence-corrected chi connectivity index (χ4v) is 2.87. The van der Waals surface area contributed by atoms with E-state index in [4.69, 9.17) is 4.74 Å². The SMILES string of the molecule is CCCCCCCCC(c1ccccc1)C(C)(C)OC. The van der Waals surface area contributed by atoms with E-state index in [1.54, 1.807) is 0 Å². The van der Waals surface area contributed by atoms with E-state index in [-0.39, 0.29) is 5.60 Å². The zero-order chi connectivity index (χ0) is 14.8. The van der Waals surface area contributed by atoms with Crippen LogP contribution in [-0.4, -0.2) is 12.7 Å². The first-order valence-corrected chi connectivity index (χ1v) is 8.22. The van der Waals surface area contributed by atoms with Crippen molar-refractivity contribution in [3.63, 3.8) is 0 Å². The molecular formula is C19H32O. The predicted molar refractivity (Wildman–Crippen MR) is 88.3 cm³/mol. The van der Waals surface area contributed by atoms with Gasteiger partial charge in [0.2, 0.25) is 0 Å². The van der Waals surface area contributed by atoms with Gasteiger partial charge >= 0.3 is 0 Å². The molecular weight excluding hydrogens is 244 g/mol. The van der Waals surface area contributed by atoms with Crippen LogP contribution in [0.15, 0.2) is 30.3 Å². The highest BCUT2D eigenvalue weighted by Crippen LogP contribution is 2.35. The molecule has 0 heterocycles. The Balaban J connectivity index is 2.53. The highest BCUT2D eigenvalue weighted by atomic mass is 16.5. The minimum Gasteiger partial charge on any atom is -0.378 e. The predicted octanol–water partition coefficient (Wildman–Crippen LogP) is 5.95. The van der Waals surface area contributed by atoms with E-state index in [0.717, 1.165) is 0 Å². The average Bonchev–Trinajstić information content (AvgIpc) is 2.47. The van der Waals surface area contributed by atoms with Crippen LogP contribution in [0.1, 0.15) is 77.2 Å². The van der Waals surface area contributed by atoms with Crippen LogP contribution in [0.3, 0.4) is 0 Å². The van der Waals surface area contributed by atoms with Crippen LogP contribution in [0.25, 0.3) is 0 Å². The van der Waals surface area contributed by atoms with E-state index in [1.807, 2.05) is 7.11 Å². The summed E-state index contributed by atoms with van der Waals surface area (Å²) in [6.45, 7) is 6.69. The summed E-state index contributed by atoms with van der Waals surface area (Å²) in [6, 6.07) is 10.8. The molecule has 1 nitrogen and oxygen atoms in total. The first-order valence-electron chi connectivity index (χ1n) is 8.22. The summed E-state index contributed by atoms with van der Waals surface area (Å²) < 4.78 is 5.75. The van der Waals surface area contributed by atoms with Gasteiger partial charge in [-0.25, -0.2) is 0 Å². The summed E-state index contributed by atoms with van der Waals surface area (Å²) in [5.41, 5.74) is 1.32. The van der Waals surface area contributed by atoms with E-state index >= 15 is 0 Å². The van der Waals surface area contributed by atoms with Crippen LogP contribution in [0.5, 0.6) is 0 Å². The standard InChI is InChI=1S/C19H32O/c1-5-6-7-8-9-13-16-18(19(2,3)20-4)17-14-11-10-12-15-17/h10-12,14-15,18H,5-9,13,16H2,1-4H3. The zero-order valence-corrected chi connectivity index (χ0v) is 13.8. The monoisotopic (exact) mass is 276 g/mol. The van der Waals surface area contributed by atoms with Crippen molar-refractivity contribution >= 4 is 0 Å². The van der Waals surface area contributed by atoms with Crippen molar-refractivity contribution in [2.75, 3.05) is 7.11 Å². The Labute approximate surface area is 125 Å². The molecule has 1 aromatic rings. The number of unbranched alkanes of at least 4 members (excludes halogenated alkanes) is 5. The van der Waals surface area contributed by atoms with Crippen molar-refractivity contribution < 1.29 is 4.74 Å². The lowest BCUT2D eigenvalue weighted by molar-refractivity contribution is -0.00449. The molecule has 1 atom stereocenters. The molecule has 20 heavy (non-hydrogen) atoms. The number of ether oxygens (including phenoxy) is 1. The molecule has 0 aliphatic heterocycles. The third-order valence-corrected chi connectivity index (χ3v) is 4.41. The van der Waals surface area contributed by atoms with Crippen molar-refractivity contribution in [2.24, 2.45) is 0 Å². The largest absolute Gasteiger partial charge is 0.378 e. The maximum Gasteiger partial charge on any atom is 0.0690 e. The molecule has 0 saturated carbocycles. The molecule has 1 unspecified atom stereocenters. The van der Waals surface area contributed by atoms with Crippen LogP contribution in [0.2, 0.25) is 0 Å². The lowest BCUT2D eigenvalue weighted by atomic mass is 9.81. The molecule has 0 fully saturated rings.